The smallest absolute Gasteiger partial charge is 0.277 e. The Bertz CT molecular complexity index is 937. The average Bonchev–Trinajstić information content (AvgIpc) is 2.69. The third-order valence-electron chi connectivity index (χ3n) is 4.54. The summed E-state index contributed by atoms with van der Waals surface area (Å²) in [4.78, 5) is 23.7. The topological polar surface area (TPSA) is 58.1 Å². The molecule has 0 saturated heterocycles. The maximum Gasteiger partial charge on any atom is 0.277 e. The molecule has 0 unspecified atom stereocenters. The predicted octanol–water partition coefficient (Wildman–Crippen LogP) is 5.32. The first-order chi connectivity index (χ1) is 13.5. The van der Waals surface area contributed by atoms with Crippen LogP contribution in [0.4, 0.5) is 17.3 Å². The average molecular weight is 374 g/mol. The monoisotopic (exact) mass is 374 g/mol. The second kappa shape index (κ2) is 8.65. The molecule has 5 nitrogen and oxygen atoms in total. The maximum absolute atomic E-state index is 13.1. The molecular formula is C23H26N4O. The fourth-order valence-corrected chi connectivity index (χ4v) is 3.00. The van der Waals surface area contributed by atoms with Crippen LogP contribution in [0.25, 0.3) is 0 Å². The zero-order chi connectivity index (χ0) is 20.1. The van der Waals surface area contributed by atoms with Gasteiger partial charge in [0.05, 0.1) is 0 Å². The molecule has 1 N–H and O–H groups in total. The van der Waals surface area contributed by atoms with E-state index in [1.165, 1.54) is 5.56 Å². The van der Waals surface area contributed by atoms with Gasteiger partial charge in [-0.3, -0.25) is 4.79 Å². The van der Waals surface area contributed by atoms with E-state index in [0.717, 1.165) is 17.1 Å². The molecule has 1 heterocycles. The molecule has 0 atom stereocenters. The van der Waals surface area contributed by atoms with Crippen LogP contribution in [0.5, 0.6) is 0 Å². The van der Waals surface area contributed by atoms with Gasteiger partial charge in [0.1, 0.15) is 5.69 Å². The minimum Gasteiger partial charge on any atom is -0.324 e. The normalized spacial score (nSPS) is 10.8. The number of nitrogens with one attached hydrogen (secondary N) is 1. The van der Waals surface area contributed by atoms with Crippen molar-refractivity contribution in [3.05, 3.63) is 77.6 Å². The summed E-state index contributed by atoms with van der Waals surface area (Å²) in [6, 6.07) is 19.5. The van der Waals surface area contributed by atoms with E-state index in [9.17, 15) is 4.79 Å². The van der Waals surface area contributed by atoms with Gasteiger partial charge in [0.25, 0.3) is 5.91 Å². The van der Waals surface area contributed by atoms with E-state index in [1.54, 1.807) is 11.0 Å². The van der Waals surface area contributed by atoms with Crippen molar-refractivity contribution in [2.45, 2.75) is 33.6 Å². The summed E-state index contributed by atoms with van der Waals surface area (Å²) in [7, 11) is 0. The molecule has 28 heavy (non-hydrogen) atoms. The first kappa shape index (κ1) is 19.5. The number of aromatic nitrogens is 2. The highest BCUT2D eigenvalue weighted by Crippen LogP contribution is 2.21. The van der Waals surface area contributed by atoms with E-state index in [-0.39, 0.29) is 5.91 Å². The molecule has 0 spiro atoms. The van der Waals surface area contributed by atoms with Gasteiger partial charge in [0.15, 0.2) is 0 Å². The molecule has 5 heteroatoms. The first-order valence-electron chi connectivity index (χ1n) is 9.57. The zero-order valence-corrected chi connectivity index (χ0v) is 16.8. The van der Waals surface area contributed by atoms with Crippen LogP contribution in [-0.2, 0) is 0 Å². The van der Waals surface area contributed by atoms with E-state index in [0.29, 0.717) is 24.1 Å². The number of carbonyl (C=O) groups excluding carboxylic acids is 1. The summed E-state index contributed by atoms with van der Waals surface area (Å²) < 4.78 is 0. The number of aryl methyl sites for hydroxylation is 1. The highest BCUT2D eigenvalue weighted by molar-refractivity contribution is 6.05. The Morgan fingerprint density at radius 1 is 1.04 bits per heavy atom. The van der Waals surface area contributed by atoms with Crippen LogP contribution in [-0.4, -0.2) is 22.4 Å². The van der Waals surface area contributed by atoms with E-state index in [1.807, 2.05) is 56.3 Å². The number of hydrogen-bond acceptors (Lipinski definition) is 4. The second-order valence-corrected chi connectivity index (χ2v) is 7.00. The molecule has 1 amide bonds. The second-order valence-electron chi connectivity index (χ2n) is 7.00. The fraction of sp³-hybridized carbons (Fsp3) is 0.261. The lowest BCUT2D eigenvalue weighted by Crippen LogP contribution is -2.31. The van der Waals surface area contributed by atoms with Crippen LogP contribution in [0.1, 0.15) is 48.4 Å². The molecule has 0 aliphatic rings. The number of amides is 1. The van der Waals surface area contributed by atoms with Crippen molar-refractivity contribution >= 4 is 23.2 Å². The van der Waals surface area contributed by atoms with Gasteiger partial charge in [-0.2, -0.15) is 0 Å². The van der Waals surface area contributed by atoms with Gasteiger partial charge in [0.2, 0.25) is 5.95 Å². The lowest BCUT2D eigenvalue weighted by atomic mass is 10.0. The van der Waals surface area contributed by atoms with Gasteiger partial charge in [-0.1, -0.05) is 44.2 Å². The van der Waals surface area contributed by atoms with E-state index in [2.05, 4.69) is 41.3 Å². The number of nitrogens with zero attached hydrogens (tertiary/aromatic N) is 3. The van der Waals surface area contributed by atoms with Crippen LogP contribution >= 0.6 is 0 Å². The largest absolute Gasteiger partial charge is 0.324 e. The lowest BCUT2D eigenvalue weighted by molar-refractivity contribution is 0.0983. The number of para-hydroxylation sites is 1. The summed E-state index contributed by atoms with van der Waals surface area (Å²) in [5.41, 5.74) is 4.13. The van der Waals surface area contributed by atoms with Crippen molar-refractivity contribution < 1.29 is 4.79 Å². The van der Waals surface area contributed by atoms with Crippen molar-refractivity contribution in [2.24, 2.45) is 0 Å². The van der Waals surface area contributed by atoms with Gasteiger partial charge >= 0.3 is 0 Å². The van der Waals surface area contributed by atoms with E-state index >= 15 is 0 Å². The molecule has 144 valence electrons. The van der Waals surface area contributed by atoms with Crippen molar-refractivity contribution in [3.63, 3.8) is 0 Å². The molecular weight excluding hydrogens is 348 g/mol. The van der Waals surface area contributed by atoms with Crippen molar-refractivity contribution in [1.29, 1.82) is 0 Å². The number of hydrogen-bond donors (Lipinski definition) is 1. The summed E-state index contributed by atoms with van der Waals surface area (Å²) in [6.07, 6.45) is 0. The lowest BCUT2D eigenvalue weighted by Gasteiger charge is -2.21. The molecule has 0 radical (unpaired) electrons. The van der Waals surface area contributed by atoms with Crippen LogP contribution in [0.3, 0.4) is 0 Å². The Morgan fingerprint density at radius 2 is 1.71 bits per heavy atom. The highest BCUT2D eigenvalue weighted by Gasteiger charge is 2.19. The zero-order valence-electron chi connectivity index (χ0n) is 16.8. The van der Waals surface area contributed by atoms with Crippen molar-refractivity contribution in [2.75, 3.05) is 16.8 Å². The molecule has 2 aromatic carbocycles. The minimum atomic E-state index is -0.141. The molecule has 0 bridgehead atoms. The van der Waals surface area contributed by atoms with Gasteiger partial charge in [-0.05, 0) is 55.7 Å². The van der Waals surface area contributed by atoms with E-state index in [4.69, 9.17) is 0 Å². The molecule has 3 rings (SSSR count). The van der Waals surface area contributed by atoms with Crippen molar-refractivity contribution in [1.82, 2.24) is 9.97 Å². The molecule has 0 saturated carbocycles. The van der Waals surface area contributed by atoms with Crippen LogP contribution in [0, 0.1) is 6.92 Å². The SMILES string of the molecule is CCN(C(=O)c1cc(C)nc(Nc2ccc(C(C)C)cc2)n1)c1ccccc1. The Balaban J connectivity index is 1.85. The number of benzene rings is 2. The molecule has 0 aliphatic carbocycles. The van der Waals surface area contributed by atoms with Crippen molar-refractivity contribution in [3.8, 4) is 0 Å². The van der Waals surface area contributed by atoms with Gasteiger partial charge in [-0.25, -0.2) is 9.97 Å². The number of carbonyl (C=O) groups is 1. The first-order valence-corrected chi connectivity index (χ1v) is 9.57. The summed E-state index contributed by atoms with van der Waals surface area (Å²) in [6.45, 7) is 8.70. The molecule has 3 aromatic rings. The van der Waals surface area contributed by atoms with Gasteiger partial charge < -0.3 is 10.2 Å². The summed E-state index contributed by atoms with van der Waals surface area (Å²) in [5, 5.41) is 3.21. The van der Waals surface area contributed by atoms with Crippen LogP contribution < -0.4 is 10.2 Å². The maximum atomic E-state index is 13.1. The highest BCUT2D eigenvalue weighted by atomic mass is 16.2. The Hall–Kier alpha value is -3.21. The third kappa shape index (κ3) is 4.55. The third-order valence-corrected chi connectivity index (χ3v) is 4.54. The Morgan fingerprint density at radius 3 is 2.32 bits per heavy atom. The van der Waals surface area contributed by atoms with Crippen LogP contribution in [0.2, 0.25) is 0 Å². The van der Waals surface area contributed by atoms with Gasteiger partial charge in [-0.15, -0.1) is 0 Å². The van der Waals surface area contributed by atoms with Crippen LogP contribution in [0.15, 0.2) is 60.7 Å². The quantitative estimate of drug-likeness (QED) is 0.634. The predicted molar refractivity (Wildman–Crippen MR) is 114 cm³/mol. The molecule has 1 aromatic heterocycles. The molecule has 0 aliphatic heterocycles. The summed E-state index contributed by atoms with van der Waals surface area (Å²) >= 11 is 0. The standard InChI is InChI=1S/C23H26N4O/c1-5-27(20-9-7-6-8-10-20)22(28)21-15-17(4)24-23(26-21)25-19-13-11-18(12-14-19)16(2)3/h6-16H,5H2,1-4H3,(H,24,25,26). The fourth-order valence-electron chi connectivity index (χ4n) is 3.00. The Kier molecular flexibility index (Phi) is 6.04. The Labute approximate surface area is 166 Å². The van der Waals surface area contributed by atoms with E-state index < -0.39 is 0 Å². The number of anilines is 3. The molecule has 0 fully saturated rings. The minimum absolute atomic E-state index is 0.141. The number of rotatable bonds is 6. The summed E-state index contributed by atoms with van der Waals surface area (Å²) in [5.74, 6) is 0.758. The van der Waals surface area contributed by atoms with Gasteiger partial charge in [0, 0.05) is 23.6 Å².